The van der Waals surface area contributed by atoms with E-state index < -0.39 is 0 Å². The third-order valence-corrected chi connectivity index (χ3v) is 5.41. The van der Waals surface area contributed by atoms with Gasteiger partial charge in [-0.1, -0.05) is 11.6 Å². The monoisotopic (exact) mass is 361 g/mol. The molecule has 2 atom stereocenters. The van der Waals surface area contributed by atoms with Gasteiger partial charge in [-0.15, -0.1) is 0 Å². The zero-order valence-electron chi connectivity index (χ0n) is 15.4. The first kappa shape index (κ1) is 18.4. The number of halogens is 1. The quantitative estimate of drug-likeness (QED) is 0.784. The lowest BCUT2D eigenvalue weighted by atomic mass is 9.93. The van der Waals surface area contributed by atoms with Crippen molar-refractivity contribution >= 4 is 11.6 Å². The first-order chi connectivity index (χ1) is 12.1. The summed E-state index contributed by atoms with van der Waals surface area (Å²) in [6, 6.07) is 4.39. The minimum atomic E-state index is 0.249. The second-order valence-electron chi connectivity index (χ2n) is 7.13. The summed E-state index contributed by atoms with van der Waals surface area (Å²) < 4.78 is 2.31. The number of hydrogen-bond acceptors (Lipinski definition) is 4. The number of nitrogens with zero attached hydrogens (tertiary/aromatic N) is 5. The van der Waals surface area contributed by atoms with Crippen LogP contribution in [0.2, 0.25) is 5.02 Å². The van der Waals surface area contributed by atoms with Gasteiger partial charge in [-0.3, -0.25) is 9.88 Å². The average Bonchev–Trinajstić information content (AvgIpc) is 3.04. The minimum absolute atomic E-state index is 0.249. The van der Waals surface area contributed by atoms with Crippen molar-refractivity contribution in [1.29, 1.82) is 0 Å². The molecule has 0 aliphatic carbocycles. The van der Waals surface area contributed by atoms with E-state index in [0.717, 1.165) is 55.3 Å². The molecular formula is C19H28ClN5. The van der Waals surface area contributed by atoms with E-state index in [4.69, 9.17) is 16.6 Å². The molecule has 1 aliphatic rings. The molecule has 136 valence electrons. The minimum Gasteiger partial charge on any atom is -0.334 e. The molecular weight excluding hydrogens is 334 g/mol. The summed E-state index contributed by atoms with van der Waals surface area (Å²) >= 11 is 6.41. The van der Waals surface area contributed by atoms with Crippen LogP contribution in [0.3, 0.4) is 0 Å². The lowest BCUT2D eigenvalue weighted by molar-refractivity contribution is 0.104. The van der Waals surface area contributed by atoms with E-state index in [1.54, 1.807) is 0 Å². The number of rotatable bonds is 6. The van der Waals surface area contributed by atoms with Crippen LogP contribution in [-0.2, 0) is 6.54 Å². The highest BCUT2D eigenvalue weighted by atomic mass is 35.5. The Balaban J connectivity index is 1.77. The van der Waals surface area contributed by atoms with Gasteiger partial charge in [0.05, 0.1) is 22.8 Å². The fourth-order valence-electron chi connectivity index (χ4n) is 3.78. The standard InChI is InChI=1S/C19H28ClN5/c1-23(2)12-6-13-25-14-11-22-19(25)17-9-4-8-16(24(17)3)18-15(20)7-5-10-21-18/h5,7,10-11,14,16-17H,4,6,8-9,12-13H2,1-3H3/t16-,17+/m0/s1. The van der Waals surface area contributed by atoms with Crippen LogP contribution >= 0.6 is 11.6 Å². The molecule has 6 heteroatoms. The van der Waals surface area contributed by atoms with Gasteiger partial charge in [-0.25, -0.2) is 4.98 Å². The number of imidazole rings is 1. The molecule has 2 aromatic rings. The first-order valence-electron chi connectivity index (χ1n) is 9.06. The van der Waals surface area contributed by atoms with E-state index in [1.165, 1.54) is 0 Å². The topological polar surface area (TPSA) is 37.2 Å². The Morgan fingerprint density at radius 3 is 2.76 bits per heavy atom. The summed E-state index contributed by atoms with van der Waals surface area (Å²) in [5.41, 5.74) is 0.988. The van der Waals surface area contributed by atoms with Crippen LogP contribution in [0.25, 0.3) is 0 Å². The van der Waals surface area contributed by atoms with Gasteiger partial charge in [0.2, 0.25) is 0 Å². The largest absolute Gasteiger partial charge is 0.334 e. The highest BCUT2D eigenvalue weighted by Gasteiger charge is 2.33. The fourth-order valence-corrected chi connectivity index (χ4v) is 4.02. The van der Waals surface area contributed by atoms with Crippen LogP contribution < -0.4 is 0 Å². The molecule has 0 N–H and O–H groups in total. The van der Waals surface area contributed by atoms with Gasteiger partial charge >= 0.3 is 0 Å². The highest BCUT2D eigenvalue weighted by Crippen LogP contribution is 2.40. The van der Waals surface area contributed by atoms with Gasteiger partial charge in [0.15, 0.2) is 0 Å². The lowest BCUT2D eigenvalue weighted by Gasteiger charge is -2.39. The van der Waals surface area contributed by atoms with E-state index >= 15 is 0 Å². The molecule has 0 unspecified atom stereocenters. The zero-order valence-corrected chi connectivity index (χ0v) is 16.2. The number of likely N-dealkylation sites (tertiary alicyclic amines) is 1. The number of pyridine rings is 1. The first-order valence-corrected chi connectivity index (χ1v) is 9.44. The number of hydrogen-bond donors (Lipinski definition) is 0. The fraction of sp³-hybridized carbons (Fsp3) is 0.579. The lowest BCUT2D eigenvalue weighted by Crippen LogP contribution is -2.35. The van der Waals surface area contributed by atoms with Crippen LogP contribution in [-0.4, -0.2) is 52.0 Å². The average molecular weight is 362 g/mol. The van der Waals surface area contributed by atoms with Gasteiger partial charge in [-0.05, 0) is 65.5 Å². The Kier molecular flexibility index (Phi) is 6.10. The number of aromatic nitrogens is 3. The third kappa shape index (κ3) is 4.22. The van der Waals surface area contributed by atoms with Crippen LogP contribution in [0.15, 0.2) is 30.7 Å². The van der Waals surface area contributed by atoms with Crippen molar-refractivity contribution in [3.8, 4) is 0 Å². The molecule has 0 spiro atoms. The van der Waals surface area contributed by atoms with Crippen molar-refractivity contribution in [1.82, 2.24) is 24.3 Å². The molecule has 0 aromatic carbocycles. The maximum absolute atomic E-state index is 6.41. The molecule has 2 aromatic heterocycles. The Hall–Kier alpha value is -1.43. The van der Waals surface area contributed by atoms with Crippen LogP contribution in [0.4, 0.5) is 0 Å². The van der Waals surface area contributed by atoms with Crippen molar-refractivity contribution in [3.63, 3.8) is 0 Å². The summed E-state index contributed by atoms with van der Waals surface area (Å²) in [6.07, 6.45) is 10.4. The second-order valence-corrected chi connectivity index (χ2v) is 7.54. The smallest absolute Gasteiger partial charge is 0.126 e. The molecule has 3 heterocycles. The summed E-state index contributed by atoms with van der Waals surface area (Å²) in [7, 11) is 6.41. The predicted molar refractivity (Wildman–Crippen MR) is 102 cm³/mol. The van der Waals surface area contributed by atoms with Crippen molar-refractivity contribution in [2.24, 2.45) is 0 Å². The van der Waals surface area contributed by atoms with Gasteiger partial charge in [0.25, 0.3) is 0 Å². The van der Waals surface area contributed by atoms with Gasteiger partial charge < -0.3 is 9.47 Å². The molecule has 0 amide bonds. The zero-order chi connectivity index (χ0) is 17.8. The van der Waals surface area contributed by atoms with E-state index in [0.29, 0.717) is 6.04 Å². The van der Waals surface area contributed by atoms with Crippen molar-refractivity contribution in [2.75, 3.05) is 27.7 Å². The van der Waals surface area contributed by atoms with Gasteiger partial charge in [0, 0.05) is 25.1 Å². The van der Waals surface area contributed by atoms with Crippen molar-refractivity contribution < 1.29 is 0 Å². The van der Waals surface area contributed by atoms with E-state index in [9.17, 15) is 0 Å². The van der Waals surface area contributed by atoms with Crippen LogP contribution in [0.5, 0.6) is 0 Å². The molecule has 1 saturated heterocycles. The van der Waals surface area contributed by atoms with Gasteiger partial charge in [-0.2, -0.15) is 0 Å². The molecule has 5 nitrogen and oxygen atoms in total. The Bertz CT molecular complexity index is 684. The maximum Gasteiger partial charge on any atom is 0.126 e. The predicted octanol–water partition coefficient (Wildman–Crippen LogP) is 3.78. The summed E-state index contributed by atoms with van der Waals surface area (Å²) in [6.45, 7) is 2.09. The summed E-state index contributed by atoms with van der Waals surface area (Å²) in [5, 5.41) is 0.759. The molecule has 0 radical (unpaired) electrons. The van der Waals surface area contributed by atoms with E-state index in [1.807, 2.05) is 24.5 Å². The second kappa shape index (κ2) is 8.30. The summed E-state index contributed by atoms with van der Waals surface area (Å²) in [4.78, 5) is 13.9. The van der Waals surface area contributed by atoms with E-state index in [2.05, 4.69) is 46.7 Å². The number of piperidine rings is 1. The van der Waals surface area contributed by atoms with Crippen LogP contribution in [0, 0.1) is 0 Å². The van der Waals surface area contributed by atoms with Gasteiger partial charge in [0.1, 0.15) is 5.82 Å². The molecule has 1 fully saturated rings. The molecule has 3 rings (SSSR count). The molecule has 0 bridgehead atoms. The maximum atomic E-state index is 6.41. The molecule has 1 aliphatic heterocycles. The Labute approximate surface area is 155 Å². The molecule has 0 saturated carbocycles. The summed E-state index contributed by atoms with van der Waals surface area (Å²) in [5.74, 6) is 1.16. The normalized spacial score (nSPS) is 21.8. The van der Waals surface area contributed by atoms with Crippen LogP contribution in [0.1, 0.15) is 49.3 Å². The molecule has 25 heavy (non-hydrogen) atoms. The highest BCUT2D eigenvalue weighted by molar-refractivity contribution is 6.31. The Morgan fingerprint density at radius 2 is 2.00 bits per heavy atom. The van der Waals surface area contributed by atoms with Crippen molar-refractivity contribution in [3.05, 3.63) is 47.3 Å². The van der Waals surface area contributed by atoms with Crippen molar-refractivity contribution in [2.45, 2.75) is 44.3 Å². The number of aryl methyl sites for hydroxylation is 1. The van der Waals surface area contributed by atoms with E-state index in [-0.39, 0.29) is 6.04 Å². The Morgan fingerprint density at radius 1 is 1.20 bits per heavy atom. The third-order valence-electron chi connectivity index (χ3n) is 5.09. The SMILES string of the molecule is CN(C)CCCn1ccnc1[C@H]1CCC[C@@H](c2ncccc2Cl)N1C.